The number of benzene rings is 2. The first-order valence-corrected chi connectivity index (χ1v) is 7.89. The van der Waals surface area contributed by atoms with Crippen molar-refractivity contribution in [3.05, 3.63) is 74.7 Å². The molecule has 0 radical (unpaired) electrons. The second-order valence-electron chi connectivity index (χ2n) is 5.87. The summed E-state index contributed by atoms with van der Waals surface area (Å²) in [5.74, 6) is 0. The number of nitrogens with one attached hydrogen (secondary N) is 1. The van der Waals surface area contributed by atoms with E-state index in [4.69, 9.17) is 5.26 Å². The minimum atomic E-state index is -0.593. The molecular weight excluding hydrogens is 334 g/mol. The monoisotopic (exact) mass is 349 g/mol. The molecule has 0 fully saturated rings. The van der Waals surface area contributed by atoms with Gasteiger partial charge >= 0.3 is 0 Å². The van der Waals surface area contributed by atoms with E-state index in [1.165, 1.54) is 22.9 Å². The second kappa shape index (κ2) is 7.03. The molecule has 0 aliphatic carbocycles. The number of anilines is 1. The lowest BCUT2D eigenvalue weighted by molar-refractivity contribution is -0.385. The van der Waals surface area contributed by atoms with Gasteiger partial charge in [0, 0.05) is 23.2 Å². The van der Waals surface area contributed by atoms with Crippen LogP contribution in [0.1, 0.15) is 12.5 Å². The number of nitro groups is 1. The van der Waals surface area contributed by atoms with Gasteiger partial charge in [0.2, 0.25) is 0 Å². The molecule has 1 aromatic heterocycles. The molecule has 130 valence electrons. The molecule has 1 N–H and O–H groups in total. The number of hydrogen-bond acceptors (Lipinski definition) is 6. The van der Waals surface area contributed by atoms with Crippen LogP contribution in [0.4, 0.5) is 11.4 Å². The summed E-state index contributed by atoms with van der Waals surface area (Å²) in [6.07, 6.45) is 1.64. The summed E-state index contributed by atoms with van der Waals surface area (Å²) in [5, 5.41) is 28.6. The fraction of sp³-hybridized carbons (Fsp3) is 0.167. The first-order chi connectivity index (χ1) is 12.5. The predicted molar refractivity (Wildman–Crippen MR) is 96.9 cm³/mol. The van der Waals surface area contributed by atoms with Gasteiger partial charge in [0.1, 0.15) is 11.6 Å². The van der Waals surface area contributed by atoms with Crippen LogP contribution in [0.3, 0.4) is 0 Å². The number of nitrogens with zero attached hydrogens (tertiary/aromatic N) is 4. The molecule has 0 saturated heterocycles. The van der Waals surface area contributed by atoms with E-state index < -0.39 is 4.92 Å². The highest BCUT2D eigenvalue weighted by Gasteiger charge is 2.15. The van der Waals surface area contributed by atoms with Gasteiger partial charge in [0.25, 0.3) is 11.2 Å². The number of fused-ring (bicyclic) bond motifs is 1. The van der Waals surface area contributed by atoms with E-state index in [2.05, 4.69) is 10.4 Å². The highest BCUT2D eigenvalue weighted by molar-refractivity contribution is 5.80. The zero-order chi connectivity index (χ0) is 18.7. The Bertz CT molecular complexity index is 1080. The van der Waals surface area contributed by atoms with Crippen molar-refractivity contribution in [2.24, 2.45) is 0 Å². The Kier molecular flexibility index (Phi) is 4.62. The van der Waals surface area contributed by atoms with Gasteiger partial charge in [-0.3, -0.25) is 14.9 Å². The third-order valence-corrected chi connectivity index (χ3v) is 3.94. The Labute approximate surface area is 148 Å². The molecular formula is C18H15N5O3. The number of rotatable bonds is 5. The molecule has 0 spiro atoms. The quantitative estimate of drug-likeness (QED) is 0.559. The summed E-state index contributed by atoms with van der Waals surface area (Å²) >= 11 is 0. The van der Waals surface area contributed by atoms with E-state index in [1.807, 2.05) is 25.1 Å². The Morgan fingerprint density at radius 1 is 1.35 bits per heavy atom. The van der Waals surface area contributed by atoms with E-state index in [1.54, 1.807) is 18.3 Å². The van der Waals surface area contributed by atoms with Gasteiger partial charge < -0.3 is 5.32 Å². The summed E-state index contributed by atoms with van der Waals surface area (Å²) in [4.78, 5) is 22.8. The molecule has 3 aromatic rings. The smallest absolute Gasteiger partial charge is 0.287 e. The van der Waals surface area contributed by atoms with Gasteiger partial charge in [-0.25, -0.2) is 4.68 Å². The maximum Gasteiger partial charge on any atom is 0.287 e. The topological polar surface area (TPSA) is 114 Å². The largest absolute Gasteiger partial charge is 0.381 e. The van der Waals surface area contributed by atoms with Crippen LogP contribution in [0.2, 0.25) is 0 Å². The number of nitro benzene ring substituents is 1. The maximum atomic E-state index is 12.5. The van der Waals surface area contributed by atoms with Gasteiger partial charge in [-0.15, -0.1) is 0 Å². The highest BCUT2D eigenvalue weighted by Crippen LogP contribution is 2.22. The third-order valence-electron chi connectivity index (χ3n) is 3.94. The van der Waals surface area contributed by atoms with Crippen molar-refractivity contribution in [3.8, 4) is 6.07 Å². The summed E-state index contributed by atoms with van der Waals surface area (Å²) < 4.78 is 1.37. The van der Waals surface area contributed by atoms with Crippen LogP contribution < -0.4 is 10.9 Å². The van der Waals surface area contributed by atoms with Crippen LogP contribution in [-0.2, 0) is 6.54 Å². The van der Waals surface area contributed by atoms with Gasteiger partial charge in [0.15, 0.2) is 0 Å². The number of nitriles is 1. The minimum absolute atomic E-state index is 0.0202. The second-order valence-corrected chi connectivity index (χ2v) is 5.87. The lowest BCUT2D eigenvalue weighted by Crippen LogP contribution is -2.31. The predicted octanol–water partition coefficient (Wildman–Crippen LogP) is 2.68. The minimum Gasteiger partial charge on any atom is -0.381 e. The van der Waals surface area contributed by atoms with Crippen LogP contribution in [-0.4, -0.2) is 20.7 Å². The third kappa shape index (κ3) is 3.37. The van der Waals surface area contributed by atoms with Gasteiger partial charge in [-0.1, -0.05) is 18.2 Å². The molecule has 0 saturated carbocycles. The van der Waals surface area contributed by atoms with Crippen LogP contribution in [0.5, 0.6) is 0 Å². The Balaban J connectivity index is 1.80. The summed E-state index contributed by atoms with van der Waals surface area (Å²) in [5.41, 5.74) is 0.123. The highest BCUT2D eigenvalue weighted by atomic mass is 16.6. The Hall–Kier alpha value is -3.73. The fourth-order valence-corrected chi connectivity index (χ4v) is 2.72. The molecule has 0 bridgehead atoms. The first kappa shape index (κ1) is 17.1. The van der Waals surface area contributed by atoms with Crippen LogP contribution in [0.15, 0.2) is 53.5 Å². The fourth-order valence-electron chi connectivity index (χ4n) is 2.72. The SMILES string of the molecule is CC(Cn1ncc2ccccc2c1=O)Nc1ccc([N+](=O)[O-])c(C#N)c1. The molecule has 1 atom stereocenters. The first-order valence-electron chi connectivity index (χ1n) is 7.89. The van der Waals surface area contributed by atoms with E-state index in [-0.39, 0.29) is 22.9 Å². The van der Waals surface area contributed by atoms with Gasteiger partial charge in [0.05, 0.1) is 23.1 Å². The number of aromatic nitrogens is 2. The summed E-state index contributed by atoms with van der Waals surface area (Å²) in [6, 6.07) is 13.1. The van der Waals surface area contributed by atoms with Crippen LogP contribution >= 0.6 is 0 Å². The molecule has 8 nitrogen and oxygen atoms in total. The molecule has 0 amide bonds. The normalized spacial score (nSPS) is 11.7. The Morgan fingerprint density at radius 3 is 2.85 bits per heavy atom. The molecule has 0 aliphatic rings. The zero-order valence-corrected chi connectivity index (χ0v) is 13.9. The maximum absolute atomic E-state index is 12.5. The number of hydrogen-bond donors (Lipinski definition) is 1. The van der Waals surface area contributed by atoms with Crippen molar-refractivity contribution in [2.75, 3.05) is 5.32 Å². The average Bonchev–Trinajstić information content (AvgIpc) is 2.64. The van der Waals surface area contributed by atoms with Gasteiger partial charge in [-0.05, 0) is 25.1 Å². The van der Waals surface area contributed by atoms with E-state index in [0.717, 1.165) is 5.39 Å². The molecule has 0 aliphatic heterocycles. The standard InChI is InChI=1S/C18H15N5O3/c1-12(21-15-6-7-17(23(25)26)14(8-15)9-19)11-22-18(24)16-5-3-2-4-13(16)10-20-22/h2-8,10,12,21H,11H2,1H3. The molecule has 1 heterocycles. The van der Waals surface area contributed by atoms with E-state index in [9.17, 15) is 14.9 Å². The van der Waals surface area contributed by atoms with Crippen molar-refractivity contribution in [2.45, 2.75) is 19.5 Å². The zero-order valence-electron chi connectivity index (χ0n) is 13.9. The molecule has 26 heavy (non-hydrogen) atoms. The molecule has 2 aromatic carbocycles. The van der Waals surface area contributed by atoms with E-state index >= 15 is 0 Å². The summed E-state index contributed by atoms with van der Waals surface area (Å²) in [7, 11) is 0. The molecule has 1 unspecified atom stereocenters. The van der Waals surface area contributed by atoms with Crippen molar-refractivity contribution in [1.82, 2.24) is 9.78 Å². The molecule has 3 rings (SSSR count). The Morgan fingerprint density at radius 2 is 2.12 bits per heavy atom. The van der Waals surface area contributed by atoms with Crippen LogP contribution in [0.25, 0.3) is 10.8 Å². The van der Waals surface area contributed by atoms with E-state index in [0.29, 0.717) is 17.6 Å². The average molecular weight is 349 g/mol. The van der Waals surface area contributed by atoms with Crippen molar-refractivity contribution >= 4 is 22.1 Å². The van der Waals surface area contributed by atoms with Gasteiger partial charge in [-0.2, -0.15) is 10.4 Å². The molecule has 8 heteroatoms. The summed E-state index contributed by atoms with van der Waals surface area (Å²) in [6.45, 7) is 2.17. The van der Waals surface area contributed by atoms with Crippen molar-refractivity contribution in [3.63, 3.8) is 0 Å². The van der Waals surface area contributed by atoms with Crippen LogP contribution in [0, 0.1) is 21.4 Å². The van der Waals surface area contributed by atoms with Crippen molar-refractivity contribution < 1.29 is 4.92 Å². The van der Waals surface area contributed by atoms with Crippen molar-refractivity contribution in [1.29, 1.82) is 5.26 Å². The lowest BCUT2D eigenvalue weighted by Gasteiger charge is -2.16. The lowest BCUT2D eigenvalue weighted by atomic mass is 10.1.